The highest BCUT2D eigenvalue weighted by Crippen LogP contribution is 2.29. The molecule has 0 aliphatic carbocycles. The van der Waals surface area contributed by atoms with Crippen molar-refractivity contribution in [1.29, 1.82) is 0 Å². The van der Waals surface area contributed by atoms with E-state index in [1.165, 1.54) is 10.9 Å². The van der Waals surface area contributed by atoms with Gasteiger partial charge in [-0.15, -0.1) is 0 Å². The molecule has 2 aromatic rings. The van der Waals surface area contributed by atoms with E-state index in [-0.39, 0.29) is 18.6 Å². The molecule has 0 bridgehead atoms. The van der Waals surface area contributed by atoms with Crippen LogP contribution in [0.25, 0.3) is 0 Å². The molecule has 0 unspecified atom stereocenters. The zero-order valence-electron chi connectivity index (χ0n) is 13.3. The van der Waals surface area contributed by atoms with Gasteiger partial charge in [0.25, 0.3) is 0 Å². The number of carbonyl (C=O) groups is 1. The summed E-state index contributed by atoms with van der Waals surface area (Å²) in [6.45, 7) is 1.19. The van der Waals surface area contributed by atoms with Gasteiger partial charge >= 0.3 is 12.2 Å². The van der Waals surface area contributed by atoms with Gasteiger partial charge in [0, 0.05) is 25.5 Å². The lowest BCUT2D eigenvalue weighted by Gasteiger charge is -2.32. The van der Waals surface area contributed by atoms with Crippen molar-refractivity contribution in [3.8, 4) is 0 Å². The summed E-state index contributed by atoms with van der Waals surface area (Å²) < 4.78 is 39.2. The van der Waals surface area contributed by atoms with Gasteiger partial charge in [-0.3, -0.25) is 4.68 Å². The van der Waals surface area contributed by atoms with Crippen molar-refractivity contribution in [2.24, 2.45) is 0 Å². The third kappa shape index (κ3) is 4.25. The van der Waals surface area contributed by atoms with Crippen molar-refractivity contribution in [2.45, 2.75) is 31.6 Å². The van der Waals surface area contributed by atoms with E-state index in [0.717, 1.165) is 6.07 Å². The van der Waals surface area contributed by atoms with Gasteiger partial charge in [0.05, 0.1) is 18.3 Å². The van der Waals surface area contributed by atoms with E-state index < -0.39 is 11.9 Å². The Morgan fingerprint density at radius 3 is 2.64 bits per heavy atom. The molecule has 0 aromatic carbocycles. The molecule has 7 nitrogen and oxygen atoms in total. The van der Waals surface area contributed by atoms with E-state index in [4.69, 9.17) is 0 Å². The van der Waals surface area contributed by atoms with Crippen molar-refractivity contribution < 1.29 is 18.0 Å². The zero-order valence-corrected chi connectivity index (χ0v) is 13.3. The molecule has 134 valence electrons. The van der Waals surface area contributed by atoms with Crippen LogP contribution in [-0.2, 0) is 12.7 Å². The zero-order chi connectivity index (χ0) is 17.9. The normalized spacial score (nSPS) is 16.0. The Balaban J connectivity index is 1.50. The maximum absolute atomic E-state index is 12.6. The molecule has 1 aliphatic rings. The van der Waals surface area contributed by atoms with Crippen LogP contribution >= 0.6 is 0 Å². The Morgan fingerprint density at radius 1 is 1.28 bits per heavy atom. The van der Waals surface area contributed by atoms with E-state index in [0.29, 0.717) is 31.6 Å². The second kappa shape index (κ2) is 7.08. The lowest BCUT2D eigenvalue weighted by Crippen LogP contribution is -2.44. The summed E-state index contributed by atoms with van der Waals surface area (Å²) in [7, 11) is 0. The Labute approximate surface area is 141 Å². The molecule has 10 heteroatoms. The first kappa shape index (κ1) is 17.2. The number of aromatic nitrogens is 4. The SMILES string of the molecule is O=C(NCc1cccnn1)N1CCC(n2ccc(C(F)(F)F)n2)CC1. The molecule has 0 spiro atoms. The Hall–Kier alpha value is -2.65. The average molecular weight is 354 g/mol. The van der Waals surface area contributed by atoms with Crippen LogP contribution in [0.5, 0.6) is 0 Å². The number of halogens is 3. The molecule has 0 radical (unpaired) electrons. The maximum Gasteiger partial charge on any atom is 0.435 e. The number of hydrogen-bond acceptors (Lipinski definition) is 4. The number of rotatable bonds is 3. The second-order valence-electron chi connectivity index (χ2n) is 5.77. The van der Waals surface area contributed by atoms with Crippen molar-refractivity contribution in [1.82, 2.24) is 30.2 Å². The Bertz CT molecular complexity index is 710. The molecule has 3 heterocycles. The average Bonchev–Trinajstić information content (AvgIpc) is 3.11. The highest BCUT2D eigenvalue weighted by atomic mass is 19.4. The van der Waals surface area contributed by atoms with E-state index >= 15 is 0 Å². The molecule has 0 atom stereocenters. The predicted octanol–water partition coefficient (Wildman–Crippen LogP) is 2.24. The molecule has 1 saturated heterocycles. The van der Waals surface area contributed by atoms with Crippen molar-refractivity contribution >= 4 is 6.03 Å². The summed E-state index contributed by atoms with van der Waals surface area (Å²) >= 11 is 0. The van der Waals surface area contributed by atoms with Crippen LogP contribution in [0.15, 0.2) is 30.6 Å². The monoisotopic (exact) mass is 354 g/mol. The third-order valence-electron chi connectivity index (χ3n) is 4.07. The fourth-order valence-electron chi connectivity index (χ4n) is 2.73. The standard InChI is InChI=1S/C15H17F3N6O/c16-15(17,18)13-5-9-24(22-13)12-3-7-23(8-4-12)14(25)19-10-11-2-1-6-20-21-11/h1-2,5-6,9,12H,3-4,7-8,10H2,(H,19,25). The summed E-state index contributed by atoms with van der Waals surface area (Å²) in [5.41, 5.74) is -0.237. The number of nitrogens with one attached hydrogen (secondary N) is 1. The van der Waals surface area contributed by atoms with Crippen LogP contribution in [0.3, 0.4) is 0 Å². The lowest BCUT2D eigenvalue weighted by molar-refractivity contribution is -0.141. The molecular formula is C15H17F3N6O. The summed E-state index contributed by atoms with van der Waals surface area (Å²) in [6.07, 6.45) is -0.436. The van der Waals surface area contributed by atoms with Crippen LogP contribution in [0.4, 0.5) is 18.0 Å². The molecule has 1 aliphatic heterocycles. The Morgan fingerprint density at radius 2 is 2.04 bits per heavy atom. The van der Waals surface area contributed by atoms with Gasteiger partial charge < -0.3 is 10.2 Å². The number of alkyl halides is 3. The highest BCUT2D eigenvalue weighted by Gasteiger charge is 2.34. The summed E-state index contributed by atoms with van der Waals surface area (Å²) in [4.78, 5) is 13.8. The molecule has 2 aromatic heterocycles. The van der Waals surface area contributed by atoms with Crippen LogP contribution in [-0.4, -0.2) is 44.0 Å². The predicted molar refractivity (Wildman–Crippen MR) is 81.3 cm³/mol. The molecule has 1 N–H and O–H groups in total. The number of piperidine rings is 1. The molecule has 1 fully saturated rings. The van der Waals surface area contributed by atoms with Crippen molar-refractivity contribution in [2.75, 3.05) is 13.1 Å². The molecule has 0 saturated carbocycles. The molecule has 2 amide bonds. The second-order valence-corrected chi connectivity index (χ2v) is 5.77. The van der Waals surface area contributed by atoms with Gasteiger partial charge in [0.2, 0.25) is 0 Å². The number of hydrogen-bond donors (Lipinski definition) is 1. The van der Waals surface area contributed by atoms with Crippen LogP contribution in [0.1, 0.15) is 30.3 Å². The number of nitrogens with zero attached hydrogens (tertiary/aromatic N) is 5. The topological polar surface area (TPSA) is 75.9 Å². The minimum Gasteiger partial charge on any atom is -0.332 e. The first-order valence-corrected chi connectivity index (χ1v) is 7.85. The van der Waals surface area contributed by atoms with E-state index in [9.17, 15) is 18.0 Å². The number of amides is 2. The van der Waals surface area contributed by atoms with Crippen molar-refractivity contribution in [3.63, 3.8) is 0 Å². The molecular weight excluding hydrogens is 337 g/mol. The Kier molecular flexibility index (Phi) is 4.86. The fraction of sp³-hybridized carbons (Fsp3) is 0.467. The third-order valence-corrected chi connectivity index (χ3v) is 4.07. The summed E-state index contributed by atoms with van der Waals surface area (Å²) in [5, 5.41) is 14.0. The van der Waals surface area contributed by atoms with E-state index in [2.05, 4.69) is 20.6 Å². The van der Waals surface area contributed by atoms with Gasteiger partial charge in [-0.25, -0.2) is 4.79 Å². The fourth-order valence-corrected chi connectivity index (χ4v) is 2.73. The number of carbonyl (C=O) groups excluding carboxylic acids is 1. The van der Waals surface area contributed by atoms with Gasteiger partial charge in [-0.2, -0.15) is 28.5 Å². The van der Waals surface area contributed by atoms with Gasteiger partial charge in [-0.05, 0) is 31.0 Å². The lowest BCUT2D eigenvalue weighted by atomic mass is 10.1. The first-order chi connectivity index (χ1) is 11.9. The van der Waals surface area contributed by atoms with Gasteiger partial charge in [-0.1, -0.05) is 0 Å². The van der Waals surface area contributed by atoms with E-state index in [1.807, 2.05) is 0 Å². The maximum atomic E-state index is 12.6. The largest absolute Gasteiger partial charge is 0.435 e. The summed E-state index contributed by atoms with van der Waals surface area (Å²) in [6, 6.07) is 4.11. The number of urea groups is 1. The van der Waals surface area contributed by atoms with Gasteiger partial charge in [0.15, 0.2) is 5.69 Å². The molecule has 25 heavy (non-hydrogen) atoms. The quantitative estimate of drug-likeness (QED) is 0.917. The minimum atomic E-state index is -4.44. The number of likely N-dealkylation sites (tertiary alicyclic amines) is 1. The first-order valence-electron chi connectivity index (χ1n) is 7.85. The summed E-state index contributed by atoms with van der Waals surface area (Å²) in [5.74, 6) is 0. The van der Waals surface area contributed by atoms with Crippen molar-refractivity contribution in [3.05, 3.63) is 42.0 Å². The van der Waals surface area contributed by atoms with Crippen LogP contribution in [0.2, 0.25) is 0 Å². The van der Waals surface area contributed by atoms with Crippen LogP contribution < -0.4 is 5.32 Å². The van der Waals surface area contributed by atoms with Crippen LogP contribution in [0, 0.1) is 0 Å². The van der Waals surface area contributed by atoms with Gasteiger partial charge in [0.1, 0.15) is 0 Å². The van der Waals surface area contributed by atoms with E-state index in [1.54, 1.807) is 23.2 Å². The minimum absolute atomic E-state index is 0.139. The molecule has 3 rings (SSSR count). The smallest absolute Gasteiger partial charge is 0.332 e. The highest BCUT2D eigenvalue weighted by molar-refractivity contribution is 5.74.